The van der Waals surface area contributed by atoms with Crippen molar-refractivity contribution < 1.29 is 4.74 Å². The van der Waals surface area contributed by atoms with Gasteiger partial charge in [-0.2, -0.15) is 0 Å². The van der Waals surface area contributed by atoms with Crippen molar-refractivity contribution in [3.8, 4) is 5.75 Å². The minimum absolute atomic E-state index is 0.731. The summed E-state index contributed by atoms with van der Waals surface area (Å²) in [5.41, 5.74) is 6.61. The van der Waals surface area contributed by atoms with E-state index in [-0.39, 0.29) is 0 Å². The Morgan fingerprint density at radius 3 is 2.90 bits per heavy atom. The van der Waals surface area contributed by atoms with E-state index in [0.717, 1.165) is 36.9 Å². The highest BCUT2D eigenvalue weighted by molar-refractivity contribution is 5.51. The zero-order chi connectivity index (χ0) is 14.9. The Balaban J connectivity index is 1.63. The molecule has 0 aliphatic carbocycles. The smallest absolute Gasteiger partial charge is 0.142 e. The van der Waals surface area contributed by atoms with Gasteiger partial charge in [0.05, 0.1) is 12.3 Å². The van der Waals surface area contributed by atoms with Gasteiger partial charge in [0.2, 0.25) is 0 Å². The van der Waals surface area contributed by atoms with E-state index in [0.29, 0.717) is 0 Å². The molecule has 0 aromatic heterocycles. The maximum atomic E-state index is 5.87. The van der Waals surface area contributed by atoms with E-state index in [1.165, 1.54) is 45.2 Å². The summed E-state index contributed by atoms with van der Waals surface area (Å²) in [7, 11) is 0. The minimum atomic E-state index is 0.731. The number of rotatable bonds is 7. The summed E-state index contributed by atoms with van der Waals surface area (Å²) in [4.78, 5) is 2.60. The third-order valence-electron chi connectivity index (χ3n) is 4.43. The fourth-order valence-corrected chi connectivity index (χ4v) is 3.23. The van der Waals surface area contributed by atoms with E-state index in [4.69, 9.17) is 10.5 Å². The number of nitrogens with zero attached hydrogens (tertiary/aromatic N) is 1. The molecule has 0 radical (unpaired) electrons. The van der Waals surface area contributed by atoms with Gasteiger partial charge >= 0.3 is 0 Å². The summed E-state index contributed by atoms with van der Waals surface area (Å²) in [6, 6.07) is 7.73. The van der Waals surface area contributed by atoms with Crippen LogP contribution in [0.5, 0.6) is 5.75 Å². The van der Waals surface area contributed by atoms with E-state index in [1.54, 1.807) is 0 Å². The van der Waals surface area contributed by atoms with Gasteiger partial charge in [-0.15, -0.1) is 0 Å². The number of anilines is 1. The zero-order valence-corrected chi connectivity index (χ0v) is 13.4. The third kappa shape index (κ3) is 5.58. The molecule has 1 aromatic rings. The van der Waals surface area contributed by atoms with Gasteiger partial charge in [0.15, 0.2) is 0 Å². The second-order valence-corrected chi connectivity index (χ2v) is 6.17. The van der Waals surface area contributed by atoms with Crippen LogP contribution in [0.15, 0.2) is 24.3 Å². The summed E-state index contributed by atoms with van der Waals surface area (Å²) in [5.74, 6) is 1.77. The fourth-order valence-electron chi connectivity index (χ4n) is 3.23. The Morgan fingerprint density at radius 1 is 1.24 bits per heavy atom. The number of likely N-dealkylation sites (tertiary alicyclic amines) is 1. The maximum Gasteiger partial charge on any atom is 0.142 e. The molecule has 3 heteroatoms. The van der Waals surface area contributed by atoms with E-state index in [9.17, 15) is 0 Å². The van der Waals surface area contributed by atoms with Gasteiger partial charge in [-0.05, 0) is 56.8 Å². The van der Waals surface area contributed by atoms with Crippen LogP contribution in [0.25, 0.3) is 0 Å². The summed E-state index contributed by atoms with van der Waals surface area (Å²) in [6.45, 7) is 6.72. The van der Waals surface area contributed by atoms with Crippen molar-refractivity contribution in [2.45, 2.75) is 45.4 Å². The molecule has 0 spiro atoms. The zero-order valence-electron chi connectivity index (χ0n) is 13.4. The van der Waals surface area contributed by atoms with Crippen LogP contribution in [0.2, 0.25) is 0 Å². The number of nitrogens with two attached hydrogens (primary N) is 1. The Bertz CT molecular complexity index is 408. The van der Waals surface area contributed by atoms with Crippen molar-refractivity contribution in [2.24, 2.45) is 5.92 Å². The highest BCUT2D eigenvalue weighted by Crippen LogP contribution is 2.22. The second-order valence-electron chi connectivity index (χ2n) is 6.17. The predicted molar refractivity (Wildman–Crippen MR) is 89.7 cm³/mol. The monoisotopic (exact) mass is 290 g/mol. The number of hydrogen-bond acceptors (Lipinski definition) is 3. The van der Waals surface area contributed by atoms with Crippen molar-refractivity contribution >= 4 is 5.69 Å². The molecular weight excluding hydrogens is 260 g/mol. The predicted octanol–water partition coefficient (Wildman–Crippen LogP) is 3.94. The molecule has 1 atom stereocenters. The molecule has 2 N–H and O–H groups in total. The molecular formula is C18H30N2O. The van der Waals surface area contributed by atoms with Crippen molar-refractivity contribution in [1.29, 1.82) is 0 Å². The average Bonchev–Trinajstić information content (AvgIpc) is 2.71. The van der Waals surface area contributed by atoms with Crippen LogP contribution < -0.4 is 10.5 Å². The van der Waals surface area contributed by atoms with Crippen LogP contribution in [-0.4, -0.2) is 31.1 Å². The van der Waals surface area contributed by atoms with Crippen LogP contribution in [-0.2, 0) is 0 Å². The molecule has 118 valence electrons. The van der Waals surface area contributed by atoms with E-state index in [1.807, 2.05) is 24.3 Å². The van der Waals surface area contributed by atoms with Gasteiger partial charge in [-0.25, -0.2) is 0 Å². The molecule has 1 saturated heterocycles. The quantitative estimate of drug-likeness (QED) is 0.610. The van der Waals surface area contributed by atoms with Gasteiger partial charge < -0.3 is 15.4 Å². The molecule has 3 nitrogen and oxygen atoms in total. The Labute approximate surface area is 129 Å². The van der Waals surface area contributed by atoms with Crippen LogP contribution >= 0.6 is 0 Å². The van der Waals surface area contributed by atoms with E-state index < -0.39 is 0 Å². The number of benzene rings is 1. The number of nitrogen functional groups attached to an aromatic ring is 1. The summed E-state index contributed by atoms with van der Waals surface area (Å²) in [5, 5.41) is 0. The number of para-hydroxylation sites is 2. The summed E-state index contributed by atoms with van der Waals surface area (Å²) < 4.78 is 5.77. The largest absolute Gasteiger partial charge is 0.491 e. The average molecular weight is 290 g/mol. The molecule has 0 bridgehead atoms. The van der Waals surface area contributed by atoms with Crippen LogP contribution in [0, 0.1) is 5.92 Å². The molecule has 0 saturated carbocycles. The normalized spacial score (nSPS) is 20.1. The Morgan fingerprint density at radius 2 is 2.10 bits per heavy atom. The molecule has 1 aromatic carbocycles. The molecule has 2 rings (SSSR count). The van der Waals surface area contributed by atoms with Gasteiger partial charge in [-0.1, -0.05) is 31.9 Å². The van der Waals surface area contributed by atoms with Gasteiger partial charge in [0.25, 0.3) is 0 Å². The van der Waals surface area contributed by atoms with Gasteiger partial charge in [0, 0.05) is 6.54 Å². The summed E-state index contributed by atoms with van der Waals surface area (Å²) in [6.07, 6.45) is 7.97. The fraction of sp³-hybridized carbons (Fsp3) is 0.667. The van der Waals surface area contributed by atoms with Crippen LogP contribution in [0.1, 0.15) is 45.4 Å². The van der Waals surface area contributed by atoms with Crippen molar-refractivity contribution in [2.75, 3.05) is 32.0 Å². The maximum absolute atomic E-state index is 5.87. The SMILES string of the molecule is CCCC1CCCN(CCCOc2ccccc2N)CC1. The molecule has 1 aliphatic rings. The van der Waals surface area contributed by atoms with Crippen molar-refractivity contribution in [3.63, 3.8) is 0 Å². The lowest BCUT2D eigenvalue weighted by molar-refractivity contribution is 0.238. The van der Waals surface area contributed by atoms with E-state index >= 15 is 0 Å². The van der Waals surface area contributed by atoms with Crippen molar-refractivity contribution in [3.05, 3.63) is 24.3 Å². The Hall–Kier alpha value is -1.22. The minimum Gasteiger partial charge on any atom is -0.491 e. The first-order valence-corrected chi connectivity index (χ1v) is 8.49. The Kier molecular flexibility index (Phi) is 6.87. The molecule has 0 amide bonds. The molecule has 1 aliphatic heterocycles. The first kappa shape index (κ1) is 16.2. The number of ether oxygens (including phenoxy) is 1. The first-order chi connectivity index (χ1) is 10.3. The third-order valence-corrected chi connectivity index (χ3v) is 4.43. The highest BCUT2D eigenvalue weighted by atomic mass is 16.5. The number of hydrogen-bond donors (Lipinski definition) is 1. The standard InChI is InChI=1S/C18H30N2O/c1-2-7-16-8-5-12-20(14-11-16)13-6-15-21-18-10-4-3-9-17(18)19/h3-4,9-10,16H,2,5-8,11-15,19H2,1H3. The van der Waals surface area contributed by atoms with Gasteiger partial charge in [-0.3, -0.25) is 0 Å². The lowest BCUT2D eigenvalue weighted by Gasteiger charge is -2.20. The molecule has 1 unspecified atom stereocenters. The highest BCUT2D eigenvalue weighted by Gasteiger charge is 2.15. The summed E-state index contributed by atoms with van der Waals surface area (Å²) >= 11 is 0. The lowest BCUT2D eigenvalue weighted by Crippen LogP contribution is -2.27. The van der Waals surface area contributed by atoms with Crippen LogP contribution in [0.4, 0.5) is 5.69 Å². The van der Waals surface area contributed by atoms with Crippen molar-refractivity contribution in [1.82, 2.24) is 4.90 Å². The molecule has 21 heavy (non-hydrogen) atoms. The second kappa shape index (κ2) is 8.93. The van der Waals surface area contributed by atoms with E-state index in [2.05, 4.69) is 11.8 Å². The molecule has 1 fully saturated rings. The first-order valence-electron chi connectivity index (χ1n) is 8.49. The van der Waals surface area contributed by atoms with Gasteiger partial charge in [0.1, 0.15) is 5.75 Å². The topological polar surface area (TPSA) is 38.5 Å². The molecule has 1 heterocycles. The lowest BCUT2D eigenvalue weighted by atomic mass is 9.96. The van der Waals surface area contributed by atoms with Crippen LogP contribution in [0.3, 0.4) is 0 Å².